The average Bonchev–Trinajstić information content (AvgIpc) is 2.64. The highest BCUT2D eigenvalue weighted by atomic mass is 35.5. The fourth-order valence-corrected chi connectivity index (χ4v) is 3.63. The maximum absolute atomic E-state index is 13.5. The fourth-order valence-electron chi connectivity index (χ4n) is 3.46. The third-order valence-corrected chi connectivity index (χ3v) is 4.98. The van der Waals surface area contributed by atoms with E-state index in [-0.39, 0.29) is 11.9 Å². The number of carbonyl (C=O) groups is 1. The average molecular weight is 414 g/mol. The van der Waals surface area contributed by atoms with Crippen molar-refractivity contribution in [2.24, 2.45) is 0 Å². The third-order valence-electron chi connectivity index (χ3n) is 4.74. The summed E-state index contributed by atoms with van der Waals surface area (Å²) in [6, 6.07) is 11.1. The number of aromatic nitrogens is 2. The summed E-state index contributed by atoms with van der Waals surface area (Å²) in [6.45, 7) is 7.43. The lowest BCUT2D eigenvalue weighted by atomic mass is 10.1. The number of aryl methyl sites for hydroxylation is 1. The van der Waals surface area contributed by atoms with Crippen molar-refractivity contribution in [1.29, 1.82) is 0 Å². The molecule has 1 N–H and O–H groups in total. The van der Waals surface area contributed by atoms with Crippen LogP contribution in [0.25, 0.3) is 16.6 Å². The van der Waals surface area contributed by atoms with Crippen molar-refractivity contribution in [3.8, 4) is 5.69 Å². The number of rotatable bonds is 5. The number of nitrogens with zero attached hydrogens (tertiary/aromatic N) is 2. The molecule has 29 heavy (non-hydrogen) atoms. The molecular formula is C22H24ClN3O3. The van der Waals surface area contributed by atoms with Gasteiger partial charge in [0.25, 0.3) is 5.56 Å². The smallest absolute Gasteiger partial charge is 0.336 e. The van der Waals surface area contributed by atoms with Crippen LogP contribution in [-0.2, 0) is 4.79 Å². The Bertz CT molecular complexity index is 1190. The molecule has 0 saturated heterocycles. The summed E-state index contributed by atoms with van der Waals surface area (Å²) in [6.07, 6.45) is 0.381. The lowest BCUT2D eigenvalue weighted by molar-refractivity contribution is -0.124. The number of hydrogen-bond acceptors (Lipinski definition) is 3. The van der Waals surface area contributed by atoms with Gasteiger partial charge in [0.05, 0.1) is 16.6 Å². The van der Waals surface area contributed by atoms with E-state index in [1.54, 1.807) is 36.4 Å². The molecule has 3 aromatic rings. The summed E-state index contributed by atoms with van der Waals surface area (Å²) in [7, 11) is 0. The van der Waals surface area contributed by atoms with Gasteiger partial charge < -0.3 is 5.32 Å². The number of benzene rings is 2. The second kappa shape index (κ2) is 8.25. The van der Waals surface area contributed by atoms with Crippen molar-refractivity contribution in [3.05, 3.63) is 73.9 Å². The molecule has 7 heteroatoms. The van der Waals surface area contributed by atoms with Crippen LogP contribution in [0.3, 0.4) is 0 Å². The van der Waals surface area contributed by atoms with Gasteiger partial charge in [-0.25, -0.2) is 9.36 Å². The largest absolute Gasteiger partial charge is 0.352 e. The van der Waals surface area contributed by atoms with Gasteiger partial charge in [-0.3, -0.25) is 14.2 Å². The normalized spacial score (nSPS) is 12.3. The molecule has 1 heterocycles. The second-order valence-corrected chi connectivity index (χ2v) is 7.82. The number of hydrogen-bond donors (Lipinski definition) is 1. The van der Waals surface area contributed by atoms with Crippen molar-refractivity contribution in [2.45, 2.75) is 46.2 Å². The monoisotopic (exact) mass is 413 g/mol. The molecule has 6 nitrogen and oxygen atoms in total. The van der Waals surface area contributed by atoms with Gasteiger partial charge in [0.15, 0.2) is 0 Å². The summed E-state index contributed by atoms with van der Waals surface area (Å²) in [5.74, 6) is -0.277. The summed E-state index contributed by atoms with van der Waals surface area (Å²) in [4.78, 5) is 39.6. The van der Waals surface area contributed by atoms with E-state index in [0.717, 1.165) is 10.1 Å². The Morgan fingerprint density at radius 1 is 1.14 bits per heavy atom. The van der Waals surface area contributed by atoms with Gasteiger partial charge in [-0.15, -0.1) is 0 Å². The molecule has 0 spiro atoms. The zero-order chi connectivity index (χ0) is 21.3. The second-order valence-electron chi connectivity index (χ2n) is 7.38. The molecule has 0 bridgehead atoms. The van der Waals surface area contributed by atoms with Crippen LogP contribution in [0.1, 0.15) is 38.8 Å². The van der Waals surface area contributed by atoms with E-state index in [9.17, 15) is 14.4 Å². The molecule has 0 aliphatic carbocycles. The summed E-state index contributed by atoms with van der Waals surface area (Å²) in [5, 5.41) is 3.57. The minimum Gasteiger partial charge on any atom is -0.352 e. The molecular weight excluding hydrogens is 390 g/mol. The summed E-state index contributed by atoms with van der Waals surface area (Å²) < 4.78 is 2.50. The van der Waals surface area contributed by atoms with Crippen LogP contribution in [-0.4, -0.2) is 21.1 Å². The topological polar surface area (TPSA) is 73.1 Å². The van der Waals surface area contributed by atoms with Crippen LogP contribution in [0.4, 0.5) is 0 Å². The van der Waals surface area contributed by atoms with Crippen LogP contribution < -0.4 is 16.6 Å². The summed E-state index contributed by atoms with van der Waals surface area (Å²) >= 11 is 6.16. The molecule has 0 fully saturated rings. The molecule has 3 rings (SSSR count). The first-order chi connectivity index (χ1) is 13.7. The first-order valence-electron chi connectivity index (χ1n) is 9.58. The van der Waals surface area contributed by atoms with Gasteiger partial charge in [-0.2, -0.15) is 0 Å². The molecule has 0 saturated carbocycles. The van der Waals surface area contributed by atoms with Gasteiger partial charge >= 0.3 is 5.69 Å². The SMILES string of the molecule is CC[C@H](C(=O)NC(C)C)n1c(=O)n(-c2cccc(C)c2)c(=O)c2ccc(Cl)cc21. The molecule has 0 aliphatic rings. The molecule has 1 amide bonds. The highest BCUT2D eigenvalue weighted by Crippen LogP contribution is 2.21. The number of fused-ring (bicyclic) bond motifs is 1. The van der Waals surface area contributed by atoms with E-state index in [0.29, 0.717) is 28.0 Å². The lowest BCUT2D eigenvalue weighted by Gasteiger charge is -2.22. The maximum atomic E-state index is 13.5. The zero-order valence-corrected chi connectivity index (χ0v) is 17.7. The van der Waals surface area contributed by atoms with E-state index in [1.165, 1.54) is 4.57 Å². The first-order valence-corrected chi connectivity index (χ1v) is 9.96. The molecule has 152 valence electrons. The van der Waals surface area contributed by atoms with Crippen LogP contribution in [0.15, 0.2) is 52.1 Å². The highest BCUT2D eigenvalue weighted by Gasteiger charge is 2.25. The molecule has 2 aromatic carbocycles. The van der Waals surface area contributed by atoms with Crippen molar-refractivity contribution in [1.82, 2.24) is 14.5 Å². The Hall–Kier alpha value is -2.86. The first kappa shape index (κ1) is 20.9. The standard InChI is InChI=1S/C22H24ClN3O3/c1-5-18(20(27)24-13(2)3)26-19-12-15(23)9-10-17(19)21(28)25(22(26)29)16-8-6-7-14(4)11-16/h6-13,18H,5H2,1-4H3,(H,24,27)/t18-/m1/s1. The van der Waals surface area contributed by atoms with E-state index in [4.69, 9.17) is 11.6 Å². The van der Waals surface area contributed by atoms with E-state index < -0.39 is 17.3 Å². The Morgan fingerprint density at radius 2 is 1.86 bits per heavy atom. The Kier molecular flexibility index (Phi) is 5.94. The van der Waals surface area contributed by atoms with Crippen molar-refractivity contribution in [3.63, 3.8) is 0 Å². The quantitative estimate of drug-likeness (QED) is 0.694. The van der Waals surface area contributed by atoms with Crippen molar-refractivity contribution in [2.75, 3.05) is 0 Å². The Balaban J connectivity index is 2.42. The van der Waals surface area contributed by atoms with Crippen LogP contribution >= 0.6 is 11.6 Å². The van der Waals surface area contributed by atoms with Gasteiger partial charge in [0.2, 0.25) is 5.91 Å². The fraction of sp³-hybridized carbons (Fsp3) is 0.318. The Morgan fingerprint density at radius 3 is 2.48 bits per heavy atom. The predicted molar refractivity (Wildman–Crippen MR) is 116 cm³/mol. The predicted octanol–water partition coefficient (Wildman–Crippen LogP) is 3.59. The number of halogens is 1. The molecule has 0 aliphatic heterocycles. The van der Waals surface area contributed by atoms with Crippen LogP contribution in [0, 0.1) is 6.92 Å². The van der Waals surface area contributed by atoms with Gasteiger partial charge in [0, 0.05) is 11.1 Å². The van der Waals surface area contributed by atoms with Gasteiger partial charge in [-0.1, -0.05) is 30.7 Å². The van der Waals surface area contributed by atoms with E-state index in [2.05, 4.69) is 5.32 Å². The number of carbonyl (C=O) groups excluding carboxylic acids is 1. The molecule has 1 aromatic heterocycles. The van der Waals surface area contributed by atoms with Crippen LogP contribution in [0.5, 0.6) is 0 Å². The number of amides is 1. The third kappa shape index (κ3) is 3.98. The summed E-state index contributed by atoms with van der Waals surface area (Å²) in [5.41, 5.74) is 0.719. The Labute approximate surface area is 173 Å². The zero-order valence-electron chi connectivity index (χ0n) is 16.9. The molecule has 0 unspecified atom stereocenters. The number of nitrogens with one attached hydrogen (secondary N) is 1. The maximum Gasteiger partial charge on any atom is 0.336 e. The van der Waals surface area contributed by atoms with E-state index in [1.807, 2.05) is 33.8 Å². The highest BCUT2D eigenvalue weighted by molar-refractivity contribution is 6.31. The molecule has 0 radical (unpaired) electrons. The molecule has 1 atom stereocenters. The van der Waals surface area contributed by atoms with Gasteiger partial charge in [-0.05, 0) is 63.1 Å². The van der Waals surface area contributed by atoms with Crippen molar-refractivity contribution >= 4 is 28.4 Å². The van der Waals surface area contributed by atoms with Gasteiger partial charge in [0.1, 0.15) is 6.04 Å². The van der Waals surface area contributed by atoms with Crippen LogP contribution in [0.2, 0.25) is 5.02 Å². The lowest BCUT2D eigenvalue weighted by Crippen LogP contribution is -2.45. The minimum absolute atomic E-state index is 0.0789. The van der Waals surface area contributed by atoms with E-state index >= 15 is 0 Å². The van der Waals surface area contributed by atoms with Crippen molar-refractivity contribution < 1.29 is 4.79 Å². The minimum atomic E-state index is -0.775.